The molecule has 0 nitrogen and oxygen atoms in total. The SMILES string of the molecule is Cc1ccccc1-c1ccc2c(c1C)Cc1ccccc1-2. The fourth-order valence-corrected chi connectivity index (χ4v) is 3.53. The monoisotopic (exact) mass is 270 g/mol. The Morgan fingerprint density at radius 3 is 2.10 bits per heavy atom. The molecule has 4 rings (SSSR count). The van der Waals surface area contributed by atoms with Crippen LogP contribution < -0.4 is 0 Å². The molecule has 0 heteroatoms. The molecule has 0 heterocycles. The van der Waals surface area contributed by atoms with Gasteiger partial charge in [0.05, 0.1) is 0 Å². The van der Waals surface area contributed by atoms with E-state index in [4.69, 9.17) is 0 Å². The quantitative estimate of drug-likeness (QED) is 0.426. The molecular formula is C21H18. The highest BCUT2D eigenvalue weighted by Gasteiger charge is 2.21. The molecule has 0 saturated heterocycles. The zero-order valence-corrected chi connectivity index (χ0v) is 12.5. The lowest BCUT2D eigenvalue weighted by molar-refractivity contribution is 1.22. The van der Waals surface area contributed by atoms with E-state index in [1.54, 1.807) is 0 Å². The average Bonchev–Trinajstić information content (AvgIpc) is 2.89. The third-order valence-corrected chi connectivity index (χ3v) is 4.71. The first-order valence-corrected chi connectivity index (χ1v) is 7.52. The lowest BCUT2D eigenvalue weighted by Gasteiger charge is -2.13. The van der Waals surface area contributed by atoms with Gasteiger partial charge in [-0.25, -0.2) is 0 Å². The molecule has 0 amide bonds. The van der Waals surface area contributed by atoms with Crippen LogP contribution in [-0.2, 0) is 6.42 Å². The largest absolute Gasteiger partial charge is 0.0620 e. The summed E-state index contributed by atoms with van der Waals surface area (Å²) in [5, 5.41) is 0. The maximum atomic E-state index is 2.30. The summed E-state index contributed by atoms with van der Waals surface area (Å²) >= 11 is 0. The third-order valence-electron chi connectivity index (χ3n) is 4.71. The first-order chi connectivity index (χ1) is 10.3. The van der Waals surface area contributed by atoms with Gasteiger partial charge in [0.2, 0.25) is 0 Å². The Morgan fingerprint density at radius 1 is 0.619 bits per heavy atom. The molecule has 1 aliphatic rings. The Kier molecular flexibility index (Phi) is 2.71. The van der Waals surface area contributed by atoms with Gasteiger partial charge in [-0.3, -0.25) is 0 Å². The van der Waals surface area contributed by atoms with Gasteiger partial charge in [0, 0.05) is 0 Å². The van der Waals surface area contributed by atoms with Gasteiger partial charge in [-0.15, -0.1) is 0 Å². The topological polar surface area (TPSA) is 0 Å². The van der Waals surface area contributed by atoms with Crippen LogP contribution in [0.5, 0.6) is 0 Å². The Hall–Kier alpha value is -2.34. The highest BCUT2D eigenvalue weighted by Crippen LogP contribution is 2.41. The van der Waals surface area contributed by atoms with Crippen molar-refractivity contribution in [3.63, 3.8) is 0 Å². The molecule has 0 aromatic heterocycles. The Bertz CT molecular complexity index is 840. The van der Waals surface area contributed by atoms with Crippen molar-refractivity contribution in [2.45, 2.75) is 20.3 Å². The van der Waals surface area contributed by atoms with Crippen LogP contribution >= 0.6 is 0 Å². The number of fused-ring (bicyclic) bond motifs is 3. The van der Waals surface area contributed by atoms with Crippen molar-refractivity contribution in [3.8, 4) is 22.3 Å². The zero-order chi connectivity index (χ0) is 14.4. The average molecular weight is 270 g/mol. The molecule has 0 fully saturated rings. The van der Waals surface area contributed by atoms with Crippen molar-refractivity contribution < 1.29 is 0 Å². The lowest BCUT2D eigenvalue weighted by atomic mass is 9.91. The molecule has 0 radical (unpaired) electrons. The molecule has 0 N–H and O–H groups in total. The van der Waals surface area contributed by atoms with Crippen molar-refractivity contribution in [1.82, 2.24) is 0 Å². The van der Waals surface area contributed by atoms with Gasteiger partial charge in [0.15, 0.2) is 0 Å². The van der Waals surface area contributed by atoms with Crippen LogP contribution in [0.1, 0.15) is 22.3 Å². The predicted molar refractivity (Wildman–Crippen MR) is 89.6 cm³/mol. The molecule has 102 valence electrons. The van der Waals surface area contributed by atoms with Crippen LogP contribution in [0.25, 0.3) is 22.3 Å². The Morgan fingerprint density at radius 2 is 1.29 bits per heavy atom. The van der Waals surface area contributed by atoms with Crippen LogP contribution in [0.2, 0.25) is 0 Å². The second kappa shape index (κ2) is 4.60. The van der Waals surface area contributed by atoms with Gasteiger partial charge in [0.25, 0.3) is 0 Å². The Balaban J connectivity index is 1.93. The van der Waals surface area contributed by atoms with Gasteiger partial charge in [-0.05, 0) is 64.8 Å². The number of rotatable bonds is 1. The molecular weight excluding hydrogens is 252 g/mol. The van der Waals surface area contributed by atoms with Crippen LogP contribution in [0.4, 0.5) is 0 Å². The summed E-state index contributed by atoms with van der Waals surface area (Å²) in [5.74, 6) is 0. The molecule has 0 unspecified atom stereocenters. The molecule has 3 aromatic carbocycles. The van der Waals surface area contributed by atoms with Crippen LogP contribution in [0, 0.1) is 13.8 Å². The fraction of sp³-hybridized carbons (Fsp3) is 0.143. The number of benzene rings is 3. The molecule has 21 heavy (non-hydrogen) atoms. The molecule has 3 aromatic rings. The highest BCUT2D eigenvalue weighted by molar-refractivity contribution is 5.83. The molecule has 0 bridgehead atoms. The van der Waals surface area contributed by atoms with Crippen molar-refractivity contribution in [1.29, 1.82) is 0 Å². The molecule has 0 aliphatic heterocycles. The summed E-state index contributed by atoms with van der Waals surface area (Å²) in [5.41, 5.74) is 11.3. The van der Waals surface area contributed by atoms with Gasteiger partial charge in [-0.2, -0.15) is 0 Å². The van der Waals surface area contributed by atoms with E-state index in [2.05, 4.69) is 74.5 Å². The van der Waals surface area contributed by atoms with Crippen LogP contribution in [0.3, 0.4) is 0 Å². The summed E-state index contributed by atoms with van der Waals surface area (Å²) in [4.78, 5) is 0. The first-order valence-electron chi connectivity index (χ1n) is 7.52. The van der Waals surface area contributed by atoms with Crippen molar-refractivity contribution in [2.24, 2.45) is 0 Å². The Labute approximate surface area is 126 Å². The predicted octanol–water partition coefficient (Wildman–Crippen LogP) is 5.54. The smallest absolute Gasteiger partial charge is 0.00106 e. The van der Waals surface area contributed by atoms with Gasteiger partial charge >= 0.3 is 0 Å². The number of hydrogen-bond donors (Lipinski definition) is 0. The first kappa shape index (κ1) is 12.4. The summed E-state index contributed by atoms with van der Waals surface area (Å²) < 4.78 is 0. The third kappa shape index (κ3) is 1.83. The van der Waals surface area contributed by atoms with Crippen molar-refractivity contribution >= 4 is 0 Å². The van der Waals surface area contributed by atoms with E-state index in [1.165, 1.54) is 44.5 Å². The highest BCUT2D eigenvalue weighted by atomic mass is 14.2. The van der Waals surface area contributed by atoms with Gasteiger partial charge < -0.3 is 0 Å². The number of aryl methyl sites for hydroxylation is 1. The van der Waals surface area contributed by atoms with Crippen LogP contribution in [0.15, 0.2) is 60.7 Å². The van der Waals surface area contributed by atoms with E-state index in [0.717, 1.165) is 6.42 Å². The molecule has 0 saturated carbocycles. The minimum atomic E-state index is 1.07. The van der Waals surface area contributed by atoms with E-state index in [0.29, 0.717) is 0 Å². The maximum Gasteiger partial charge on any atom is -0.00106 e. The van der Waals surface area contributed by atoms with E-state index in [9.17, 15) is 0 Å². The van der Waals surface area contributed by atoms with E-state index >= 15 is 0 Å². The standard InChI is InChI=1S/C21H18/c1-14-7-3-5-9-17(14)18-11-12-20-19-10-6-4-8-16(19)13-21(20)15(18)2/h3-12H,13H2,1-2H3. The maximum absolute atomic E-state index is 2.30. The van der Waals surface area contributed by atoms with Crippen molar-refractivity contribution in [2.75, 3.05) is 0 Å². The summed E-state index contributed by atoms with van der Waals surface area (Å²) in [6.07, 6.45) is 1.07. The van der Waals surface area contributed by atoms with Crippen molar-refractivity contribution in [3.05, 3.63) is 82.9 Å². The molecule has 0 atom stereocenters. The summed E-state index contributed by atoms with van der Waals surface area (Å²) in [6.45, 7) is 4.46. The van der Waals surface area contributed by atoms with E-state index < -0.39 is 0 Å². The minimum Gasteiger partial charge on any atom is -0.0620 e. The zero-order valence-electron chi connectivity index (χ0n) is 12.5. The lowest BCUT2D eigenvalue weighted by Crippen LogP contribution is -1.92. The second-order valence-electron chi connectivity index (χ2n) is 5.91. The molecule has 1 aliphatic carbocycles. The van der Waals surface area contributed by atoms with Crippen LogP contribution in [-0.4, -0.2) is 0 Å². The van der Waals surface area contributed by atoms with Gasteiger partial charge in [0.1, 0.15) is 0 Å². The normalized spacial score (nSPS) is 12.1. The van der Waals surface area contributed by atoms with Gasteiger partial charge in [-0.1, -0.05) is 60.7 Å². The second-order valence-corrected chi connectivity index (χ2v) is 5.91. The fourth-order valence-electron chi connectivity index (χ4n) is 3.53. The summed E-state index contributed by atoms with van der Waals surface area (Å²) in [7, 11) is 0. The van der Waals surface area contributed by atoms with E-state index in [-0.39, 0.29) is 0 Å². The molecule has 0 spiro atoms. The van der Waals surface area contributed by atoms with E-state index in [1.807, 2.05) is 0 Å². The number of hydrogen-bond acceptors (Lipinski definition) is 0. The summed E-state index contributed by atoms with van der Waals surface area (Å²) in [6, 6.07) is 22.0. The minimum absolute atomic E-state index is 1.07.